The fourth-order valence-corrected chi connectivity index (χ4v) is 5.57. The molecule has 41 heavy (non-hydrogen) atoms. The van der Waals surface area contributed by atoms with Gasteiger partial charge in [-0.05, 0) is 77.7 Å². The van der Waals surface area contributed by atoms with Crippen molar-refractivity contribution in [3.8, 4) is 11.1 Å². The van der Waals surface area contributed by atoms with Crippen molar-refractivity contribution in [1.82, 2.24) is 4.57 Å². The highest BCUT2D eigenvalue weighted by Gasteiger charge is 2.25. The highest BCUT2D eigenvalue weighted by atomic mass is 35.5. The highest BCUT2D eigenvalue weighted by Crippen LogP contribution is 2.36. The van der Waals surface area contributed by atoms with Crippen LogP contribution in [0.15, 0.2) is 89.8 Å². The highest BCUT2D eigenvalue weighted by molar-refractivity contribution is 7.90. The lowest BCUT2D eigenvalue weighted by Crippen LogP contribution is -2.17. The average Bonchev–Trinajstić information content (AvgIpc) is 3.22. The Labute approximate surface area is 241 Å². The molecule has 0 radical (unpaired) electrons. The summed E-state index contributed by atoms with van der Waals surface area (Å²) in [7, 11) is -3.37. The molecule has 0 bridgehead atoms. The van der Waals surface area contributed by atoms with Crippen molar-refractivity contribution in [2.75, 3.05) is 17.3 Å². The van der Waals surface area contributed by atoms with Crippen LogP contribution in [-0.4, -0.2) is 36.2 Å². The Morgan fingerprint density at radius 1 is 0.951 bits per heavy atom. The van der Waals surface area contributed by atoms with Crippen LogP contribution in [0.1, 0.15) is 32.0 Å². The summed E-state index contributed by atoms with van der Waals surface area (Å²) >= 11 is 6.19. The smallest absolute Gasteiger partial charge is 0.354 e. The van der Waals surface area contributed by atoms with Crippen molar-refractivity contribution in [1.29, 1.82) is 0 Å². The molecule has 0 atom stereocenters. The van der Waals surface area contributed by atoms with Gasteiger partial charge in [-0.3, -0.25) is 4.79 Å². The lowest BCUT2D eigenvalue weighted by atomic mass is 10.0. The van der Waals surface area contributed by atoms with Gasteiger partial charge in [-0.2, -0.15) is 0 Å². The number of halogens is 1. The molecule has 5 aromatic rings. The number of nitrogen functional groups attached to an aromatic ring is 1. The molecule has 0 unspecified atom stereocenters. The standard InChI is InChI=1S/C31H26ClN3O5S/c1-18-6-7-22(16-26(18)33)30(36)34-28-25-15-21(20-8-11-24(12-9-20)41(2,39)40)10-13-27(25)35(29(28)31(37)38)17-19-4-3-5-23(32)14-19/h3-16H,17,33H2,1-2H3,(H,34,36)(H,37,38). The first kappa shape index (κ1) is 27.9. The molecule has 0 spiro atoms. The van der Waals surface area contributed by atoms with Gasteiger partial charge in [0, 0.05) is 34.5 Å². The zero-order chi connectivity index (χ0) is 29.5. The number of fused-ring (bicyclic) bond motifs is 1. The van der Waals surface area contributed by atoms with Crippen LogP contribution in [0.3, 0.4) is 0 Å². The number of hydrogen-bond acceptors (Lipinski definition) is 5. The number of aromatic carboxylic acids is 1. The second-order valence-corrected chi connectivity index (χ2v) is 12.3. The van der Waals surface area contributed by atoms with Gasteiger partial charge < -0.3 is 20.7 Å². The van der Waals surface area contributed by atoms with Gasteiger partial charge in [-0.25, -0.2) is 13.2 Å². The topological polar surface area (TPSA) is 131 Å². The Balaban J connectivity index is 1.69. The Kier molecular flexibility index (Phi) is 7.33. The number of sulfone groups is 1. The quantitative estimate of drug-likeness (QED) is 0.193. The summed E-state index contributed by atoms with van der Waals surface area (Å²) in [4.78, 5) is 26.2. The number of aromatic nitrogens is 1. The lowest BCUT2D eigenvalue weighted by Gasteiger charge is -2.11. The Morgan fingerprint density at radius 2 is 1.66 bits per heavy atom. The van der Waals surface area contributed by atoms with Gasteiger partial charge in [0.1, 0.15) is 0 Å². The molecule has 0 fully saturated rings. The maximum absolute atomic E-state index is 13.4. The van der Waals surface area contributed by atoms with Crippen LogP contribution >= 0.6 is 11.6 Å². The van der Waals surface area contributed by atoms with Gasteiger partial charge >= 0.3 is 5.97 Å². The van der Waals surface area contributed by atoms with Crippen LogP contribution in [-0.2, 0) is 16.4 Å². The monoisotopic (exact) mass is 587 g/mol. The Hall–Kier alpha value is -4.60. The zero-order valence-electron chi connectivity index (χ0n) is 22.2. The first-order chi connectivity index (χ1) is 19.4. The van der Waals surface area contributed by atoms with E-state index in [1.54, 1.807) is 65.2 Å². The summed E-state index contributed by atoms with van der Waals surface area (Å²) < 4.78 is 25.5. The number of nitrogens with two attached hydrogens (primary N) is 1. The molecule has 0 saturated heterocycles. The van der Waals surface area contributed by atoms with Crippen molar-refractivity contribution < 1.29 is 23.1 Å². The summed E-state index contributed by atoms with van der Waals surface area (Å²) in [6.07, 6.45) is 1.14. The van der Waals surface area contributed by atoms with Crippen LogP contribution in [0.5, 0.6) is 0 Å². The maximum Gasteiger partial charge on any atom is 0.354 e. The SMILES string of the molecule is Cc1ccc(C(=O)Nc2c(C(=O)O)n(Cc3cccc(Cl)c3)c3ccc(-c4ccc(S(C)(=O)=O)cc4)cc23)cc1N. The van der Waals surface area contributed by atoms with E-state index in [9.17, 15) is 23.1 Å². The molecular formula is C31H26ClN3O5S. The number of carbonyl (C=O) groups excluding carboxylic acids is 1. The summed E-state index contributed by atoms with van der Waals surface area (Å²) in [5, 5.41) is 14.2. The maximum atomic E-state index is 13.4. The molecule has 0 aliphatic heterocycles. The van der Waals surface area contributed by atoms with Crippen molar-refractivity contribution >= 4 is 55.6 Å². The molecule has 1 aromatic heterocycles. The van der Waals surface area contributed by atoms with E-state index >= 15 is 0 Å². The predicted octanol–water partition coefficient (Wildman–Crippen LogP) is 6.25. The molecular weight excluding hydrogens is 562 g/mol. The van der Waals surface area contributed by atoms with Gasteiger partial charge in [0.25, 0.3) is 5.91 Å². The van der Waals surface area contributed by atoms with Crippen LogP contribution in [0, 0.1) is 6.92 Å². The van der Waals surface area contributed by atoms with Crippen LogP contribution in [0.4, 0.5) is 11.4 Å². The van der Waals surface area contributed by atoms with E-state index in [-0.39, 0.29) is 28.4 Å². The number of amides is 1. The van der Waals surface area contributed by atoms with E-state index in [1.807, 2.05) is 19.1 Å². The minimum Gasteiger partial charge on any atom is -0.477 e. The first-order valence-electron chi connectivity index (χ1n) is 12.5. The fraction of sp³-hybridized carbons (Fsp3) is 0.0968. The van der Waals surface area contributed by atoms with Gasteiger partial charge in [-0.15, -0.1) is 0 Å². The molecule has 10 heteroatoms. The summed E-state index contributed by atoms with van der Waals surface area (Å²) in [6, 6.07) is 23.8. The van der Waals surface area contributed by atoms with E-state index in [2.05, 4.69) is 5.32 Å². The molecule has 4 aromatic carbocycles. The first-order valence-corrected chi connectivity index (χ1v) is 14.8. The fourth-order valence-electron chi connectivity index (χ4n) is 4.73. The number of carboxylic acid groups (broad SMARTS) is 1. The molecule has 208 valence electrons. The number of aryl methyl sites for hydroxylation is 1. The van der Waals surface area contributed by atoms with E-state index in [4.69, 9.17) is 17.3 Å². The molecule has 1 amide bonds. The number of hydrogen-bond donors (Lipinski definition) is 3. The number of carbonyl (C=O) groups is 2. The van der Waals surface area contributed by atoms with Crippen molar-refractivity contribution in [2.24, 2.45) is 0 Å². The molecule has 4 N–H and O–H groups in total. The van der Waals surface area contributed by atoms with E-state index in [1.165, 1.54) is 12.1 Å². The van der Waals surface area contributed by atoms with Crippen molar-refractivity contribution in [2.45, 2.75) is 18.4 Å². The third kappa shape index (κ3) is 5.68. The third-order valence-electron chi connectivity index (χ3n) is 6.89. The van der Waals surface area contributed by atoms with E-state index in [0.717, 1.165) is 22.9 Å². The molecule has 5 rings (SSSR count). The second kappa shape index (κ2) is 10.8. The second-order valence-electron chi connectivity index (χ2n) is 9.80. The summed E-state index contributed by atoms with van der Waals surface area (Å²) in [6.45, 7) is 2.02. The van der Waals surface area contributed by atoms with Crippen LogP contribution in [0.25, 0.3) is 22.0 Å². The molecule has 1 heterocycles. The molecule has 0 aliphatic rings. The lowest BCUT2D eigenvalue weighted by molar-refractivity contribution is 0.0687. The predicted molar refractivity (Wildman–Crippen MR) is 162 cm³/mol. The van der Waals surface area contributed by atoms with Gasteiger partial charge in [0.2, 0.25) is 0 Å². The number of benzene rings is 4. The minimum absolute atomic E-state index is 0.0991. The van der Waals surface area contributed by atoms with Gasteiger partial charge in [0.05, 0.1) is 16.1 Å². The van der Waals surface area contributed by atoms with E-state index < -0.39 is 21.7 Å². The third-order valence-corrected chi connectivity index (χ3v) is 8.26. The number of anilines is 2. The van der Waals surface area contributed by atoms with Crippen LogP contribution in [0.2, 0.25) is 5.02 Å². The van der Waals surface area contributed by atoms with Crippen molar-refractivity contribution in [3.05, 3.63) is 112 Å². The Morgan fingerprint density at radius 3 is 2.29 bits per heavy atom. The van der Waals surface area contributed by atoms with Gasteiger partial charge in [-0.1, -0.05) is 48.0 Å². The largest absolute Gasteiger partial charge is 0.477 e. The Bertz CT molecular complexity index is 1950. The van der Waals surface area contributed by atoms with Gasteiger partial charge in [0.15, 0.2) is 15.5 Å². The number of rotatable bonds is 7. The number of nitrogens with one attached hydrogen (secondary N) is 1. The summed E-state index contributed by atoms with van der Waals surface area (Å²) in [5.74, 6) is -1.73. The summed E-state index contributed by atoms with van der Waals surface area (Å²) in [5.41, 5.74) is 10.4. The zero-order valence-corrected chi connectivity index (χ0v) is 23.8. The number of nitrogens with zero attached hydrogens (tertiary/aromatic N) is 1. The molecule has 0 saturated carbocycles. The molecule has 8 nitrogen and oxygen atoms in total. The number of carboxylic acids is 1. The molecule has 0 aliphatic carbocycles. The van der Waals surface area contributed by atoms with Crippen molar-refractivity contribution in [3.63, 3.8) is 0 Å². The average molecular weight is 588 g/mol. The van der Waals surface area contributed by atoms with Crippen LogP contribution < -0.4 is 11.1 Å². The van der Waals surface area contributed by atoms with E-state index in [0.29, 0.717) is 27.2 Å². The minimum atomic E-state index is -3.37. The normalized spacial score (nSPS) is 11.5.